The van der Waals surface area contributed by atoms with Crippen molar-refractivity contribution in [1.29, 1.82) is 0 Å². The van der Waals surface area contributed by atoms with Gasteiger partial charge in [0.05, 0.1) is 11.3 Å². The number of thioether (sulfide) groups is 1. The van der Waals surface area contributed by atoms with Crippen molar-refractivity contribution < 1.29 is 9.90 Å². The van der Waals surface area contributed by atoms with Crippen LogP contribution in [0, 0.1) is 0 Å². The van der Waals surface area contributed by atoms with Crippen molar-refractivity contribution >= 4 is 34.1 Å². The van der Waals surface area contributed by atoms with E-state index >= 15 is 0 Å². The lowest BCUT2D eigenvalue weighted by molar-refractivity contribution is -0.115. The number of rotatable bonds is 5. The monoisotopic (exact) mass is 312 g/mol. The van der Waals surface area contributed by atoms with Gasteiger partial charge in [-0.05, 0) is 6.42 Å². The molecule has 0 aliphatic carbocycles. The molecule has 0 aliphatic heterocycles. The van der Waals surface area contributed by atoms with Crippen LogP contribution in [-0.4, -0.2) is 31.2 Å². The summed E-state index contributed by atoms with van der Waals surface area (Å²) in [5.41, 5.74) is -0.463. The van der Waals surface area contributed by atoms with Crippen molar-refractivity contribution in [3.8, 4) is 5.88 Å². The number of H-pyrrole nitrogens is 1. The third-order valence-electron chi connectivity index (χ3n) is 2.29. The summed E-state index contributed by atoms with van der Waals surface area (Å²) in [5, 5.41) is 14.0. The van der Waals surface area contributed by atoms with E-state index in [1.54, 1.807) is 11.6 Å². The summed E-state index contributed by atoms with van der Waals surface area (Å²) in [6.45, 7) is 1.85. The lowest BCUT2D eigenvalue weighted by Crippen LogP contribution is -2.25. The second-order valence-electron chi connectivity index (χ2n) is 3.75. The van der Waals surface area contributed by atoms with Crippen LogP contribution in [-0.2, 0) is 4.79 Å². The summed E-state index contributed by atoms with van der Waals surface area (Å²) in [6, 6.07) is 0.973. The Morgan fingerprint density at radius 1 is 1.65 bits per heavy atom. The Balaban J connectivity index is 2.08. The number of nitrogens with one attached hydrogen (secondary N) is 2. The Morgan fingerprint density at radius 3 is 3.05 bits per heavy atom. The van der Waals surface area contributed by atoms with Gasteiger partial charge in [-0.3, -0.25) is 9.59 Å². The fourth-order valence-corrected chi connectivity index (χ4v) is 2.85. The molecule has 2 aromatic rings. The molecule has 1 amide bonds. The first-order valence-electron chi connectivity index (χ1n) is 5.76. The zero-order valence-electron chi connectivity index (χ0n) is 10.5. The number of nitrogens with zero attached hydrogens (tertiary/aromatic N) is 2. The largest absolute Gasteiger partial charge is 0.493 e. The molecule has 2 heterocycles. The molecule has 0 aromatic carbocycles. The molecule has 2 rings (SSSR count). The Hall–Kier alpha value is -1.87. The highest BCUT2D eigenvalue weighted by molar-refractivity contribution is 8.00. The Labute approximate surface area is 122 Å². The number of aromatic hydroxyl groups is 1. The summed E-state index contributed by atoms with van der Waals surface area (Å²) < 4.78 is 0. The van der Waals surface area contributed by atoms with Crippen molar-refractivity contribution in [1.82, 2.24) is 15.0 Å². The number of carbonyl (C=O) groups is 1. The number of aromatic amines is 1. The fourth-order valence-electron chi connectivity index (χ4n) is 1.41. The molecule has 0 radical (unpaired) electrons. The molecule has 0 saturated heterocycles. The van der Waals surface area contributed by atoms with Crippen LogP contribution in [0.3, 0.4) is 0 Å². The van der Waals surface area contributed by atoms with Crippen molar-refractivity contribution in [3.05, 3.63) is 28.0 Å². The summed E-state index contributed by atoms with van der Waals surface area (Å²) in [6.07, 6.45) is 2.14. The highest BCUT2D eigenvalue weighted by Crippen LogP contribution is 2.24. The second kappa shape index (κ2) is 6.53. The van der Waals surface area contributed by atoms with Gasteiger partial charge in [-0.25, -0.2) is 4.98 Å². The number of aromatic nitrogens is 3. The summed E-state index contributed by atoms with van der Waals surface area (Å²) >= 11 is 2.41. The van der Waals surface area contributed by atoms with E-state index in [4.69, 9.17) is 0 Å². The van der Waals surface area contributed by atoms with Crippen LogP contribution in [0.5, 0.6) is 5.88 Å². The molecule has 7 nitrogen and oxygen atoms in total. The molecule has 0 saturated carbocycles. The standard InChI is InChI=1S/C11H12N4O3S2/c1-2-6(9(18)15-10-12-3-4-19-10)20-11-13-7(16)5-8(17)14-11/h3-6H,2H2,1H3,(H,12,15,18)(H2,13,14,16,17). The molecular weight excluding hydrogens is 300 g/mol. The third-order valence-corrected chi connectivity index (χ3v) is 4.22. The van der Waals surface area contributed by atoms with E-state index < -0.39 is 10.8 Å². The van der Waals surface area contributed by atoms with Gasteiger partial charge in [0.25, 0.3) is 5.56 Å². The Kier molecular flexibility index (Phi) is 4.74. The predicted molar refractivity (Wildman–Crippen MR) is 77.2 cm³/mol. The van der Waals surface area contributed by atoms with Gasteiger partial charge in [-0.2, -0.15) is 4.98 Å². The van der Waals surface area contributed by atoms with Crippen LogP contribution in [0.4, 0.5) is 5.13 Å². The molecule has 1 atom stereocenters. The average Bonchev–Trinajstić information content (AvgIpc) is 2.87. The summed E-state index contributed by atoms with van der Waals surface area (Å²) in [7, 11) is 0. The maximum absolute atomic E-state index is 12.1. The lowest BCUT2D eigenvalue weighted by atomic mass is 10.3. The van der Waals surface area contributed by atoms with E-state index in [1.807, 2.05) is 6.92 Å². The Morgan fingerprint density at radius 2 is 2.45 bits per heavy atom. The van der Waals surface area contributed by atoms with E-state index in [9.17, 15) is 14.7 Å². The van der Waals surface area contributed by atoms with E-state index in [2.05, 4.69) is 20.3 Å². The van der Waals surface area contributed by atoms with Gasteiger partial charge in [0.2, 0.25) is 11.8 Å². The average molecular weight is 312 g/mol. The first kappa shape index (κ1) is 14.5. The molecule has 20 heavy (non-hydrogen) atoms. The molecule has 106 valence electrons. The first-order valence-corrected chi connectivity index (χ1v) is 7.51. The maximum atomic E-state index is 12.1. The number of hydrogen-bond acceptors (Lipinski definition) is 7. The minimum atomic E-state index is -0.463. The zero-order chi connectivity index (χ0) is 14.5. The van der Waals surface area contributed by atoms with Crippen LogP contribution in [0.1, 0.15) is 13.3 Å². The van der Waals surface area contributed by atoms with Crippen LogP contribution < -0.4 is 10.9 Å². The van der Waals surface area contributed by atoms with Gasteiger partial charge in [-0.1, -0.05) is 18.7 Å². The zero-order valence-corrected chi connectivity index (χ0v) is 12.1. The summed E-state index contributed by atoms with van der Waals surface area (Å²) in [4.78, 5) is 33.5. The smallest absolute Gasteiger partial charge is 0.255 e. The first-order chi connectivity index (χ1) is 9.58. The van der Waals surface area contributed by atoms with Crippen molar-refractivity contribution in [3.63, 3.8) is 0 Å². The molecule has 3 N–H and O–H groups in total. The molecule has 1 unspecified atom stereocenters. The quantitative estimate of drug-likeness (QED) is 0.569. The van der Waals surface area contributed by atoms with Gasteiger partial charge >= 0.3 is 0 Å². The normalized spacial score (nSPS) is 12.1. The molecule has 0 spiro atoms. The second-order valence-corrected chi connectivity index (χ2v) is 5.84. The topological polar surface area (TPSA) is 108 Å². The summed E-state index contributed by atoms with van der Waals surface area (Å²) in [5.74, 6) is -0.593. The number of anilines is 1. The number of amides is 1. The van der Waals surface area contributed by atoms with Gasteiger partial charge < -0.3 is 15.4 Å². The van der Waals surface area contributed by atoms with E-state index in [1.165, 1.54) is 11.3 Å². The predicted octanol–water partition coefficient (Wildman–Crippen LogP) is 1.44. The van der Waals surface area contributed by atoms with E-state index in [0.717, 1.165) is 17.8 Å². The maximum Gasteiger partial charge on any atom is 0.255 e. The van der Waals surface area contributed by atoms with Crippen molar-refractivity contribution in [2.24, 2.45) is 0 Å². The Bertz CT molecular complexity index is 641. The minimum absolute atomic E-state index is 0.205. The number of hydrogen-bond donors (Lipinski definition) is 3. The van der Waals surface area contributed by atoms with E-state index in [-0.39, 0.29) is 16.9 Å². The van der Waals surface area contributed by atoms with Gasteiger partial charge in [-0.15, -0.1) is 11.3 Å². The van der Waals surface area contributed by atoms with Crippen LogP contribution in [0.2, 0.25) is 0 Å². The minimum Gasteiger partial charge on any atom is -0.493 e. The number of carbonyl (C=O) groups excluding carboxylic acids is 1. The van der Waals surface area contributed by atoms with Crippen LogP contribution in [0.15, 0.2) is 27.6 Å². The van der Waals surface area contributed by atoms with Crippen molar-refractivity contribution in [2.75, 3.05) is 5.32 Å². The van der Waals surface area contributed by atoms with Gasteiger partial charge in [0.1, 0.15) is 0 Å². The molecule has 0 aliphatic rings. The highest BCUT2D eigenvalue weighted by Gasteiger charge is 2.20. The van der Waals surface area contributed by atoms with Crippen LogP contribution in [0.25, 0.3) is 0 Å². The fraction of sp³-hybridized carbons (Fsp3) is 0.273. The molecule has 9 heteroatoms. The lowest BCUT2D eigenvalue weighted by Gasteiger charge is -2.12. The molecular formula is C11H12N4O3S2. The van der Waals surface area contributed by atoms with E-state index in [0.29, 0.717) is 11.6 Å². The number of thiazole rings is 1. The molecule has 2 aromatic heterocycles. The van der Waals surface area contributed by atoms with Crippen LogP contribution >= 0.6 is 23.1 Å². The van der Waals surface area contributed by atoms with Gasteiger partial charge in [0, 0.05) is 11.6 Å². The molecule has 0 fully saturated rings. The van der Waals surface area contributed by atoms with Crippen molar-refractivity contribution in [2.45, 2.75) is 23.8 Å². The SMILES string of the molecule is CCC(Sc1nc(O)cc(=O)[nH]1)C(=O)Nc1nccs1. The highest BCUT2D eigenvalue weighted by atomic mass is 32.2. The third kappa shape index (κ3) is 3.81. The van der Waals surface area contributed by atoms with Gasteiger partial charge in [0.15, 0.2) is 10.3 Å². The molecule has 0 bridgehead atoms.